The van der Waals surface area contributed by atoms with Gasteiger partial charge in [0.2, 0.25) is 21.8 Å². The van der Waals surface area contributed by atoms with Gasteiger partial charge in [-0.2, -0.15) is 0 Å². The number of carbonyl (C=O) groups is 2. The lowest BCUT2D eigenvalue weighted by Gasteiger charge is -2.31. The van der Waals surface area contributed by atoms with Crippen molar-refractivity contribution in [3.63, 3.8) is 0 Å². The van der Waals surface area contributed by atoms with Crippen LogP contribution in [0.15, 0.2) is 53.0 Å². The molecule has 0 bridgehead atoms. The van der Waals surface area contributed by atoms with E-state index in [0.717, 1.165) is 29.0 Å². The van der Waals surface area contributed by atoms with E-state index in [2.05, 4.69) is 21.2 Å². The molecule has 8 nitrogen and oxygen atoms in total. The Labute approximate surface area is 210 Å². The van der Waals surface area contributed by atoms with Crippen molar-refractivity contribution in [3.05, 3.63) is 58.6 Å². The van der Waals surface area contributed by atoms with E-state index < -0.39 is 28.5 Å². The average molecular weight is 555 g/mol. The molecule has 186 valence electrons. The second kappa shape index (κ2) is 12.8. The molecule has 0 aliphatic heterocycles. The standard InChI is InChI=1S/C24H32BrN3O5S/c1-5-6-15-26-24(30)18(2)27(16-19-11-13-20(33-3)14-12-19)23(29)17-28(34(4,31)32)22-10-8-7-9-21(22)25/h7-14,18H,5-6,15-17H2,1-4H3,(H,26,30). The Morgan fingerprint density at radius 3 is 2.32 bits per heavy atom. The Morgan fingerprint density at radius 2 is 1.76 bits per heavy atom. The van der Waals surface area contributed by atoms with E-state index in [0.29, 0.717) is 22.5 Å². The van der Waals surface area contributed by atoms with Gasteiger partial charge in [0.1, 0.15) is 18.3 Å². The molecule has 0 saturated carbocycles. The Kier molecular flexibility index (Phi) is 10.4. The van der Waals surface area contributed by atoms with Crippen molar-refractivity contribution < 1.29 is 22.7 Å². The first kappa shape index (κ1) is 27.7. The van der Waals surface area contributed by atoms with Gasteiger partial charge in [-0.15, -0.1) is 0 Å². The molecular weight excluding hydrogens is 522 g/mol. The third-order valence-electron chi connectivity index (χ3n) is 5.31. The monoisotopic (exact) mass is 553 g/mol. The number of hydrogen-bond donors (Lipinski definition) is 1. The highest BCUT2D eigenvalue weighted by Gasteiger charge is 2.30. The van der Waals surface area contributed by atoms with Crippen LogP contribution < -0.4 is 14.4 Å². The summed E-state index contributed by atoms with van der Waals surface area (Å²) in [6.07, 6.45) is 2.81. The molecule has 0 saturated heterocycles. The number of hydrogen-bond acceptors (Lipinski definition) is 5. The number of nitrogens with zero attached hydrogens (tertiary/aromatic N) is 2. The summed E-state index contributed by atoms with van der Waals surface area (Å²) < 4.78 is 32.0. The van der Waals surface area contributed by atoms with Gasteiger partial charge in [-0.3, -0.25) is 13.9 Å². The zero-order chi connectivity index (χ0) is 25.3. The summed E-state index contributed by atoms with van der Waals surface area (Å²) in [6, 6.07) is 13.1. The number of anilines is 1. The maximum atomic E-state index is 13.5. The predicted molar refractivity (Wildman–Crippen MR) is 137 cm³/mol. The van der Waals surface area contributed by atoms with Crippen LogP contribution in [0.2, 0.25) is 0 Å². The molecule has 2 aromatic rings. The smallest absolute Gasteiger partial charge is 0.244 e. The van der Waals surface area contributed by atoms with E-state index in [4.69, 9.17) is 4.74 Å². The van der Waals surface area contributed by atoms with Crippen molar-refractivity contribution in [1.29, 1.82) is 0 Å². The van der Waals surface area contributed by atoms with Crippen LogP contribution in [-0.2, 0) is 26.2 Å². The maximum absolute atomic E-state index is 13.5. The van der Waals surface area contributed by atoms with Crippen LogP contribution in [-0.4, -0.2) is 57.6 Å². The number of amides is 2. The number of methoxy groups -OCH3 is 1. The molecule has 0 heterocycles. The van der Waals surface area contributed by atoms with Gasteiger partial charge in [0.25, 0.3) is 0 Å². The normalized spacial score (nSPS) is 12.0. The van der Waals surface area contributed by atoms with Gasteiger partial charge in [0, 0.05) is 17.6 Å². The number of halogens is 1. The number of rotatable bonds is 12. The number of benzene rings is 2. The first-order valence-electron chi connectivity index (χ1n) is 11.0. The summed E-state index contributed by atoms with van der Waals surface area (Å²) in [5.41, 5.74) is 1.14. The van der Waals surface area contributed by atoms with E-state index in [1.165, 1.54) is 4.90 Å². The fourth-order valence-corrected chi connectivity index (χ4v) is 4.77. The third-order valence-corrected chi connectivity index (χ3v) is 7.11. The van der Waals surface area contributed by atoms with E-state index in [1.807, 2.05) is 19.1 Å². The highest BCUT2D eigenvalue weighted by molar-refractivity contribution is 9.10. The zero-order valence-corrected chi connectivity index (χ0v) is 22.4. The van der Waals surface area contributed by atoms with Crippen molar-refractivity contribution in [3.8, 4) is 5.75 Å². The minimum Gasteiger partial charge on any atom is -0.497 e. The van der Waals surface area contributed by atoms with Crippen LogP contribution in [0.3, 0.4) is 0 Å². The van der Waals surface area contributed by atoms with Crippen LogP contribution in [0.25, 0.3) is 0 Å². The predicted octanol–water partition coefficient (Wildman–Crippen LogP) is 3.56. The number of sulfonamides is 1. The lowest BCUT2D eigenvalue weighted by atomic mass is 10.1. The summed E-state index contributed by atoms with van der Waals surface area (Å²) in [5.74, 6) is -0.110. The molecule has 0 aliphatic rings. The molecule has 0 spiro atoms. The number of nitrogens with one attached hydrogen (secondary N) is 1. The van der Waals surface area contributed by atoms with E-state index in [-0.39, 0.29) is 12.5 Å². The highest BCUT2D eigenvalue weighted by atomic mass is 79.9. The van der Waals surface area contributed by atoms with Gasteiger partial charge in [-0.1, -0.05) is 37.6 Å². The Balaban J connectivity index is 2.35. The van der Waals surface area contributed by atoms with E-state index in [1.54, 1.807) is 50.4 Å². The Bertz CT molecular complexity index is 1080. The number of ether oxygens (including phenoxy) is 1. The van der Waals surface area contributed by atoms with Crippen LogP contribution in [0.1, 0.15) is 32.3 Å². The Hall–Kier alpha value is -2.59. The SMILES string of the molecule is CCCCNC(=O)C(C)N(Cc1ccc(OC)cc1)C(=O)CN(c1ccccc1Br)S(C)(=O)=O. The first-order valence-corrected chi connectivity index (χ1v) is 13.6. The van der Waals surface area contributed by atoms with Crippen molar-refractivity contribution in [2.45, 2.75) is 39.3 Å². The summed E-state index contributed by atoms with van der Waals surface area (Å²) in [7, 11) is -2.21. The van der Waals surface area contributed by atoms with Crippen LogP contribution in [0, 0.1) is 0 Å². The first-order chi connectivity index (χ1) is 16.1. The Morgan fingerprint density at radius 1 is 1.12 bits per heavy atom. The number of para-hydroxylation sites is 1. The second-order valence-electron chi connectivity index (χ2n) is 7.91. The van der Waals surface area contributed by atoms with Crippen molar-refractivity contribution in [2.75, 3.05) is 30.8 Å². The summed E-state index contributed by atoms with van der Waals surface area (Å²) >= 11 is 3.36. The molecule has 0 aromatic heterocycles. The molecule has 2 amide bonds. The molecule has 1 atom stereocenters. The fourth-order valence-electron chi connectivity index (χ4n) is 3.30. The highest BCUT2D eigenvalue weighted by Crippen LogP contribution is 2.28. The fraction of sp³-hybridized carbons (Fsp3) is 0.417. The van der Waals surface area contributed by atoms with Gasteiger partial charge in [0.15, 0.2) is 0 Å². The lowest BCUT2D eigenvalue weighted by molar-refractivity contribution is -0.139. The van der Waals surface area contributed by atoms with E-state index >= 15 is 0 Å². The van der Waals surface area contributed by atoms with Gasteiger partial charge in [-0.25, -0.2) is 8.42 Å². The average Bonchev–Trinajstić information content (AvgIpc) is 2.80. The minimum atomic E-state index is -3.78. The molecule has 0 radical (unpaired) electrons. The molecule has 34 heavy (non-hydrogen) atoms. The van der Waals surface area contributed by atoms with Gasteiger partial charge in [0.05, 0.1) is 19.1 Å². The molecule has 0 fully saturated rings. The summed E-state index contributed by atoms with van der Waals surface area (Å²) in [5, 5.41) is 2.85. The summed E-state index contributed by atoms with van der Waals surface area (Å²) in [6.45, 7) is 3.88. The lowest BCUT2D eigenvalue weighted by Crippen LogP contribution is -2.51. The number of carbonyl (C=O) groups excluding carboxylic acids is 2. The molecular formula is C24H32BrN3O5S. The largest absolute Gasteiger partial charge is 0.497 e. The van der Waals surface area contributed by atoms with Crippen LogP contribution in [0.4, 0.5) is 5.69 Å². The molecule has 2 rings (SSSR count). The molecule has 0 aliphatic carbocycles. The number of unbranched alkanes of at least 4 members (excludes halogenated alkanes) is 1. The van der Waals surface area contributed by atoms with Crippen LogP contribution in [0.5, 0.6) is 5.75 Å². The van der Waals surface area contributed by atoms with Gasteiger partial charge < -0.3 is 15.0 Å². The molecule has 2 aromatic carbocycles. The second-order valence-corrected chi connectivity index (χ2v) is 10.7. The molecule has 1 N–H and O–H groups in total. The van der Waals surface area contributed by atoms with E-state index in [9.17, 15) is 18.0 Å². The van der Waals surface area contributed by atoms with Crippen molar-refractivity contribution in [1.82, 2.24) is 10.2 Å². The van der Waals surface area contributed by atoms with Crippen molar-refractivity contribution >= 4 is 43.5 Å². The topological polar surface area (TPSA) is 96.0 Å². The molecule has 1 unspecified atom stereocenters. The van der Waals surface area contributed by atoms with Gasteiger partial charge >= 0.3 is 0 Å². The minimum absolute atomic E-state index is 0.138. The quantitative estimate of drug-likeness (QED) is 0.405. The van der Waals surface area contributed by atoms with Crippen LogP contribution >= 0.6 is 15.9 Å². The van der Waals surface area contributed by atoms with Gasteiger partial charge in [-0.05, 0) is 59.1 Å². The zero-order valence-electron chi connectivity index (χ0n) is 20.0. The maximum Gasteiger partial charge on any atom is 0.244 e. The third kappa shape index (κ3) is 7.73. The van der Waals surface area contributed by atoms with Crippen molar-refractivity contribution in [2.24, 2.45) is 0 Å². The summed E-state index contributed by atoms with van der Waals surface area (Å²) in [4.78, 5) is 27.7. The molecule has 10 heteroatoms.